The molecule has 0 spiro atoms. The van der Waals surface area contributed by atoms with Gasteiger partial charge >= 0.3 is 0 Å². The van der Waals surface area contributed by atoms with Gasteiger partial charge in [-0.05, 0) is 30.9 Å². The molecule has 0 saturated carbocycles. The maximum absolute atomic E-state index is 9.65. The van der Waals surface area contributed by atoms with Gasteiger partial charge in [-0.3, -0.25) is 9.58 Å². The minimum Gasteiger partial charge on any atom is -0.393 e. The highest BCUT2D eigenvalue weighted by molar-refractivity contribution is 5.27. The molecule has 0 aliphatic carbocycles. The van der Waals surface area contributed by atoms with Crippen LogP contribution in [0.5, 0.6) is 0 Å². The molecule has 0 radical (unpaired) electrons. The van der Waals surface area contributed by atoms with Crippen molar-refractivity contribution in [3.05, 3.63) is 52.8 Å². The normalized spacial score (nSPS) is 16.6. The van der Waals surface area contributed by atoms with E-state index in [9.17, 15) is 5.11 Å². The summed E-state index contributed by atoms with van der Waals surface area (Å²) in [6.07, 6.45) is 3.75. The summed E-state index contributed by atoms with van der Waals surface area (Å²) >= 11 is 0. The Morgan fingerprint density at radius 2 is 1.79 bits per heavy atom. The minimum atomic E-state index is -0.110. The summed E-state index contributed by atoms with van der Waals surface area (Å²) in [5.41, 5.74) is 5.07. The molecule has 1 aliphatic rings. The van der Waals surface area contributed by atoms with Crippen LogP contribution in [0.1, 0.15) is 35.2 Å². The first-order valence-electron chi connectivity index (χ1n) is 8.79. The Bertz CT molecular complexity index is 659. The van der Waals surface area contributed by atoms with E-state index in [0.717, 1.165) is 51.3 Å². The zero-order valence-electron chi connectivity index (χ0n) is 14.7. The average Bonchev–Trinajstić information content (AvgIpc) is 2.89. The third kappa shape index (κ3) is 4.44. The standard InChI is InChI=1S/C19H28N4O/c1-15-18(13-22(2)21-15)12-20-11-16-5-3-4-6-17(16)14-23-9-7-19(24)8-10-23/h3-6,13,19-20,24H,7-12,14H2,1-2H3. The van der Waals surface area contributed by atoms with E-state index in [4.69, 9.17) is 0 Å². The fourth-order valence-electron chi connectivity index (χ4n) is 3.36. The molecular weight excluding hydrogens is 300 g/mol. The van der Waals surface area contributed by atoms with E-state index in [1.54, 1.807) is 0 Å². The van der Waals surface area contributed by atoms with E-state index < -0.39 is 0 Å². The van der Waals surface area contributed by atoms with E-state index in [2.05, 4.69) is 52.7 Å². The Kier molecular flexibility index (Phi) is 5.66. The number of nitrogens with one attached hydrogen (secondary N) is 1. The number of benzene rings is 1. The van der Waals surface area contributed by atoms with Gasteiger partial charge in [-0.1, -0.05) is 24.3 Å². The van der Waals surface area contributed by atoms with E-state index >= 15 is 0 Å². The molecule has 5 nitrogen and oxygen atoms in total. The number of aliphatic hydroxyl groups is 1. The highest BCUT2D eigenvalue weighted by Crippen LogP contribution is 2.17. The van der Waals surface area contributed by atoms with Crippen LogP contribution in [-0.2, 0) is 26.7 Å². The number of aryl methyl sites for hydroxylation is 2. The quantitative estimate of drug-likeness (QED) is 0.851. The van der Waals surface area contributed by atoms with E-state index in [0.29, 0.717) is 0 Å². The molecule has 5 heteroatoms. The monoisotopic (exact) mass is 328 g/mol. The lowest BCUT2D eigenvalue weighted by Gasteiger charge is -2.30. The molecular formula is C19H28N4O. The van der Waals surface area contributed by atoms with Crippen LogP contribution in [-0.4, -0.2) is 39.0 Å². The molecule has 0 atom stereocenters. The number of aromatic nitrogens is 2. The first-order valence-corrected chi connectivity index (χ1v) is 8.79. The average molecular weight is 328 g/mol. The number of rotatable bonds is 6. The summed E-state index contributed by atoms with van der Waals surface area (Å²) in [6, 6.07) is 8.65. The van der Waals surface area contributed by atoms with Gasteiger partial charge in [0.1, 0.15) is 0 Å². The van der Waals surface area contributed by atoms with Gasteiger partial charge in [0.2, 0.25) is 0 Å². The van der Waals surface area contributed by atoms with Crippen LogP contribution < -0.4 is 5.32 Å². The fraction of sp³-hybridized carbons (Fsp3) is 0.526. The predicted octanol–water partition coefficient (Wildman–Crippen LogP) is 1.98. The molecule has 130 valence electrons. The van der Waals surface area contributed by atoms with Crippen LogP contribution in [0.3, 0.4) is 0 Å². The molecule has 1 aliphatic heterocycles. The summed E-state index contributed by atoms with van der Waals surface area (Å²) in [4.78, 5) is 2.44. The molecule has 1 saturated heterocycles. The summed E-state index contributed by atoms with van der Waals surface area (Å²) in [6.45, 7) is 6.69. The van der Waals surface area contributed by atoms with Gasteiger partial charge in [0.25, 0.3) is 0 Å². The Labute approximate surface area is 144 Å². The lowest BCUT2D eigenvalue weighted by atomic mass is 10.0. The molecule has 0 unspecified atom stereocenters. The molecule has 1 fully saturated rings. The molecule has 0 bridgehead atoms. The minimum absolute atomic E-state index is 0.110. The van der Waals surface area contributed by atoms with Crippen molar-refractivity contribution in [3.63, 3.8) is 0 Å². The SMILES string of the molecule is Cc1nn(C)cc1CNCc1ccccc1CN1CCC(O)CC1. The number of hydrogen-bond donors (Lipinski definition) is 2. The third-order valence-corrected chi connectivity index (χ3v) is 4.82. The van der Waals surface area contributed by atoms with Crippen LogP contribution in [0.2, 0.25) is 0 Å². The summed E-state index contributed by atoms with van der Waals surface area (Å²) in [5.74, 6) is 0. The summed E-state index contributed by atoms with van der Waals surface area (Å²) < 4.78 is 1.87. The predicted molar refractivity (Wildman–Crippen MR) is 95.4 cm³/mol. The molecule has 2 N–H and O–H groups in total. The largest absolute Gasteiger partial charge is 0.393 e. The van der Waals surface area contributed by atoms with Gasteiger partial charge in [-0.15, -0.1) is 0 Å². The number of nitrogens with zero attached hydrogens (tertiary/aromatic N) is 3. The van der Waals surface area contributed by atoms with E-state index in [1.165, 1.54) is 16.7 Å². The topological polar surface area (TPSA) is 53.3 Å². The molecule has 1 aromatic heterocycles. The van der Waals surface area contributed by atoms with Crippen LogP contribution in [0, 0.1) is 6.92 Å². The van der Waals surface area contributed by atoms with Crippen LogP contribution in [0.25, 0.3) is 0 Å². The molecule has 3 rings (SSSR count). The first-order chi connectivity index (χ1) is 11.6. The van der Waals surface area contributed by atoms with Crippen molar-refractivity contribution in [1.82, 2.24) is 20.0 Å². The Balaban J connectivity index is 1.56. The fourth-order valence-corrected chi connectivity index (χ4v) is 3.36. The number of aliphatic hydroxyl groups excluding tert-OH is 1. The Morgan fingerprint density at radius 1 is 1.12 bits per heavy atom. The second kappa shape index (κ2) is 7.92. The number of piperidine rings is 1. The highest BCUT2D eigenvalue weighted by atomic mass is 16.3. The number of likely N-dealkylation sites (tertiary alicyclic amines) is 1. The second-order valence-corrected chi connectivity index (χ2v) is 6.79. The van der Waals surface area contributed by atoms with E-state index in [1.807, 2.05) is 11.7 Å². The second-order valence-electron chi connectivity index (χ2n) is 6.79. The maximum atomic E-state index is 9.65. The van der Waals surface area contributed by atoms with Gasteiger partial charge in [-0.25, -0.2) is 0 Å². The van der Waals surface area contributed by atoms with Crippen LogP contribution in [0.15, 0.2) is 30.5 Å². The zero-order chi connectivity index (χ0) is 16.9. The smallest absolute Gasteiger partial charge is 0.0638 e. The van der Waals surface area contributed by atoms with Crippen LogP contribution >= 0.6 is 0 Å². The number of hydrogen-bond acceptors (Lipinski definition) is 4. The molecule has 2 aromatic rings. The first kappa shape index (κ1) is 17.1. The van der Waals surface area contributed by atoms with Gasteiger partial charge in [0.05, 0.1) is 11.8 Å². The van der Waals surface area contributed by atoms with Crippen molar-refractivity contribution < 1.29 is 5.11 Å². The van der Waals surface area contributed by atoms with Gasteiger partial charge in [0.15, 0.2) is 0 Å². The van der Waals surface area contributed by atoms with Crippen molar-refractivity contribution in [1.29, 1.82) is 0 Å². The third-order valence-electron chi connectivity index (χ3n) is 4.82. The lowest BCUT2D eigenvalue weighted by molar-refractivity contribution is 0.0791. The summed E-state index contributed by atoms with van der Waals surface area (Å²) in [7, 11) is 1.96. The van der Waals surface area contributed by atoms with Crippen molar-refractivity contribution in [2.75, 3.05) is 13.1 Å². The van der Waals surface area contributed by atoms with Crippen molar-refractivity contribution in [2.24, 2.45) is 7.05 Å². The van der Waals surface area contributed by atoms with Crippen molar-refractivity contribution >= 4 is 0 Å². The van der Waals surface area contributed by atoms with Gasteiger partial charge in [-0.2, -0.15) is 5.10 Å². The van der Waals surface area contributed by atoms with Crippen LogP contribution in [0.4, 0.5) is 0 Å². The Hall–Kier alpha value is -1.69. The highest BCUT2D eigenvalue weighted by Gasteiger charge is 2.17. The lowest BCUT2D eigenvalue weighted by Crippen LogP contribution is -2.35. The van der Waals surface area contributed by atoms with E-state index in [-0.39, 0.29) is 6.10 Å². The molecule has 24 heavy (non-hydrogen) atoms. The molecule has 1 aromatic carbocycles. The van der Waals surface area contributed by atoms with Crippen molar-refractivity contribution in [3.8, 4) is 0 Å². The van der Waals surface area contributed by atoms with Crippen molar-refractivity contribution in [2.45, 2.75) is 45.5 Å². The molecule has 0 amide bonds. The zero-order valence-corrected chi connectivity index (χ0v) is 14.7. The maximum Gasteiger partial charge on any atom is 0.0638 e. The Morgan fingerprint density at radius 3 is 2.46 bits per heavy atom. The van der Waals surface area contributed by atoms with Gasteiger partial charge in [0, 0.05) is 51.5 Å². The summed E-state index contributed by atoms with van der Waals surface area (Å²) in [5, 5.41) is 17.6. The van der Waals surface area contributed by atoms with Gasteiger partial charge < -0.3 is 10.4 Å². The molecule has 2 heterocycles.